The number of rotatable bonds is 9. The SMILES string of the molecule is O=C(Cc1cccc(Cl)c1)Nc1ccc(N2CCC(NCCCn3cccn3)CC2)cc1. The van der Waals surface area contributed by atoms with Crippen molar-refractivity contribution in [3.8, 4) is 0 Å². The molecule has 2 heterocycles. The van der Waals surface area contributed by atoms with E-state index in [1.165, 1.54) is 5.69 Å². The van der Waals surface area contributed by atoms with E-state index >= 15 is 0 Å². The van der Waals surface area contributed by atoms with Crippen molar-refractivity contribution in [3.63, 3.8) is 0 Å². The maximum absolute atomic E-state index is 12.3. The van der Waals surface area contributed by atoms with Gasteiger partial charge in [-0.2, -0.15) is 5.10 Å². The molecule has 32 heavy (non-hydrogen) atoms. The number of nitrogens with zero attached hydrogens (tertiary/aromatic N) is 3. The van der Waals surface area contributed by atoms with Gasteiger partial charge in [-0.25, -0.2) is 0 Å². The number of aryl methyl sites for hydroxylation is 1. The lowest BCUT2D eigenvalue weighted by atomic mass is 10.0. The number of aromatic nitrogens is 2. The maximum atomic E-state index is 12.3. The summed E-state index contributed by atoms with van der Waals surface area (Å²) in [7, 11) is 0. The van der Waals surface area contributed by atoms with Gasteiger partial charge in [0.25, 0.3) is 0 Å². The molecule has 2 N–H and O–H groups in total. The Morgan fingerprint density at radius 1 is 1.09 bits per heavy atom. The van der Waals surface area contributed by atoms with Crippen molar-refractivity contribution in [3.05, 3.63) is 77.6 Å². The molecule has 1 amide bonds. The molecule has 4 rings (SSSR count). The summed E-state index contributed by atoms with van der Waals surface area (Å²) < 4.78 is 1.98. The standard InChI is InChI=1S/C25H30ClN5O/c26-21-5-1-4-20(18-21)19-25(32)29-23-6-8-24(9-7-23)30-16-10-22(11-17-30)27-12-2-14-31-15-3-13-28-31/h1,3-9,13,15,18,22,27H,2,10-12,14,16-17,19H2,(H,29,32). The molecule has 3 aromatic rings. The summed E-state index contributed by atoms with van der Waals surface area (Å²) in [6.07, 6.45) is 7.51. The van der Waals surface area contributed by atoms with Crippen LogP contribution >= 0.6 is 11.6 Å². The Morgan fingerprint density at radius 2 is 1.91 bits per heavy atom. The lowest BCUT2D eigenvalue weighted by Crippen LogP contribution is -2.43. The van der Waals surface area contributed by atoms with Crippen LogP contribution in [0.1, 0.15) is 24.8 Å². The highest BCUT2D eigenvalue weighted by Crippen LogP contribution is 2.22. The molecule has 1 fully saturated rings. The van der Waals surface area contributed by atoms with Gasteiger partial charge in [-0.05, 0) is 73.8 Å². The van der Waals surface area contributed by atoms with Gasteiger partial charge in [-0.15, -0.1) is 0 Å². The second kappa shape index (κ2) is 11.2. The molecule has 0 unspecified atom stereocenters. The average molecular weight is 452 g/mol. The van der Waals surface area contributed by atoms with Gasteiger partial charge in [-0.1, -0.05) is 23.7 Å². The van der Waals surface area contributed by atoms with Crippen molar-refractivity contribution >= 4 is 28.9 Å². The molecular formula is C25H30ClN5O. The van der Waals surface area contributed by atoms with Crippen molar-refractivity contribution < 1.29 is 4.79 Å². The molecule has 0 spiro atoms. The summed E-state index contributed by atoms with van der Waals surface area (Å²) in [5.74, 6) is -0.0422. The van der Waals surface area contributed by atoms with Crippen LogP contribution in [-0.4, -0.2) is 41.4 Å². The molecule has 0 aliphatic carbocycles. The van der Waals surface area contributed by atoms with Crippen LogP contribution in [0.4, 0.5) is 11.4 Å². The highest BCUT2D eigenvalue weighted by Gasteiger charge is 2.19. The lowest BCUT2D eigenvalue weighted by Gasteiger charge is -2.34. The molecule has 0 bridgehead atoms. The Kier molecular flexibility index (Phi) is 7.80. The first kappa shape index (κ1) is 22.4. The van der Waals surface area contributed by atoms with Gasteiger partial charge in [0.1, 0.15) is 0 Å². The smallest absolute Gasteiger partial charge is 0.228 e. The minimum absolute atomic E-state index is 0.0422. The van der Waals surface area contributed by atoms with Crippen molar-refractivity contribution in [2.45, 2.75) is 38.3 Å². The van der Waals surface area contributed by atoms with Gasteiger partial charge in [0.15, 0.2) is 0 Å². The maximum Gasteiger partial charge on any atom is 0.228 e. The number of carbonyl (C=O) groups is 1. The topological polar surface area (TPSA) is 62.2 Å². The molecule has 0 saturated carbocycles. The van der Waals surface area contributed by atoms with E-state index in [2.05, 4.69) is 32.8 Å². The molecule has 6 nitrogen and oxygen atoms in total. The lowest BCUT2D eigenvalue weighted by molar-refractivity contribution is -0.115. The number of amides is 1. The molecular weight excluding hydrogens is 422 g/mol. The minimum Gasteiger partial charge on any atom is -0.371 e. The van der Waals surface area contributed by atoms with E-state index in [-0.39, 0.29) is 5.91 Å². The van der Waals surface area contributed by atoms with Crippen molar-refractivity contribution in [2.24, 2.45) is 0 Å². The van der Waals surface area contributed by atoms with Gasteiger partial charge >= 0.3 is 0 Å². The normalized spacial score (nSPS) is 14.5. The first-order chi connectivity index (χ1) is 15.7. The molecule has 168 valence electrons. The quantitative estimate of drug-likeness (QED) is 0.474. The fraction of sp³-hybridized carbons (Fsp3) is 0.360. The van der Waals surface area contributed by atoms with Crippen LogP contribution in [0.2, 0.25) is 5.02 Å². The number of benzene rings is 2. The second-order valence-corrected chi connectivity index (χ2v) is 8.68. The molecule has 1 aromatic heterocycles. The molecule has 0 atom stereocenters. The van der Waals surface area contributed by atoms with Gasteiger partial charge in [0.05, 0.1) is 6.42 Å². The van der Waals surface area contributed by atoms with Crippen LogP contribution in [0.5, 0.6) is 0 Å². The summed E-state index contributed by atoms with van der Waals surface area (Å²) in [5.41, 5.74) is 2.92. The van der Waals surface area contributed by atoms with E-state index in [9.17, 15) is 4.79 Å². The summed E-state index contributed by atoms with van der Waals surface area (Å²) in [5, 5.41) is 11.5. The zero-order valence-corrected chi connectivity index (χ0v) is 19.0. The fourth-order valence-electron chi connectivity index (χ4n) is 4.11. The highest BCUT2D eigenvalue weighted by atomic mass is 35.5. The molecule has 1 saturated heterocycles. The van der Waals surface area contributed by atoms with E-state index < -0.39 is 0 Å². The number of nitrogens with one attached hydrogen (secondary N) is 2. The highest BCUT2D eigenvalue weighted by molar-refractivity contribution is 6.30. The fourth-order valence-corrected chi connectivity index (χ4v) is 4.33. The van der Waals surface area contributed by atoms with E-state index in [0.717, 1.165) is 56.7 Å². The van der Waals surface area contributed by atoms with E-state index in [1.54, 1.807) is 0 Å². The van der Waals surface area contributed by atoms with Crippen molar-refractivity contribution in [2.75, 3.05) is 29.9 Å². The Bertz CT molecular complexity index is 982. The summed E-state index contributed by atoms with van der Waals surface area (Å²) in [6.45, 7) is 4.06. The Hall–Kier alpha value is -2.83. The van der Waals surface area contributed by atoms with E-state index in [1.807, 2.05) is 59.5 Å². The van der Waals surface area contributed by atoms with Gasteiger partial charge < -0.3 is 15.5 Å². The number of hydrogen-bond donors (Lipinski definition) is 2. The summed E-state index contributed by atoms with van der Waals surface area (Å²) >= 11 is 6.00. The van der Waals surface area contributed by atoms with Gasteiger partial charge in [0, 0.05) is 54.5 Å². The van der Waals surface area contributed by atoms with Crippen LogP contribution in [0.3, 0.4) is 0 Å². The first-order valence-corrected chi connectivity index (χ1v) is 11.6. The third-order valence-corrected chi connectivity index (χ3v) is 6.06. The van der Waals surface area contributed by atoms with Crippen molar-refractivity contribution in [1.82, 2.24) is 15.1 Å². The van der Waals surface area contributed by atoms with Crippen LogP contribution in [0.25, 0.3) is 0 Å². The Balaban J connectivity index is 1.18. The van der Waals surface area contributed by atoms with E-state index in [0.29, 0.717) is 17.5 Å². The van der Waals surface area contributed by atoms with Crippen LogP contribution in [0, 0.1) is 0 Å². The molecule has 7 heteroatoms. The van der Waals surface area contributed by atoms with Gasteiger partial charge in [-0.3, -0.25) is 9.48 Å². The number of carbonyl (C=O) groups excluding carboxylic acids is 1. The second-order valence-electron chi connectivity index (χ2n) is 8.24. The predicted molar refractivity (Wildman–Crippen MR) is 130 cm³/mol. The number of hydrogen-bond acceptors (Lipinski definition) is 4. The number of halogens is 1. The third-order valence-electron chi connectivity index (χ3n) is 5.82. The van der Waals surface area contributed by atoms with Gasteiger partial charge in [0.2, 0.25) is 5.91 Å². The molecule has 1 aliphatic rings. The van der Waals surface area contributed by atoms with Crippen LogP contribution < -0.4 is 15.5 Å². The Labute approximate surface area is 194 Å². The average Bonchev–Trinajstić information content (AvgIpc) is 3.31. The van der Waals surface area contributed by atoms with Crippen LogP contribution in [-0.2, 0) is 17.8 Å². The van der Waals surface area contributed by atoms with Crippen molar-refractivity contribution in [1.29, 1.82) is 0 Å². The van der Waals surface area contributed by atoms with Crippen LogP contribution in [0.15, 0.2) is 67.0 Å². The summed E-state index contributed by atoms with van der Waals surface area (Å²) in [6, 6.07) is 18.1. The Morgan fingerprint density at radius 3 is 2.62 bits per heavy atom. The monoisotopic (exact) mass is 451 g/mol. The predicted octanol–water partition coefficient (Wildman–Crippen LogP) is 4.37. The molecule has 2 aromatic carbocycles. The zero-order valence-electron chi connectivity index (χ0n) is 18.2. The first-order valence-electron chi connectivity index (χ1n) is 11.3. The van der Waals surface area contributed by atoms with E-state index in [4.69, 9.17) is 11.6 Å². The summed E-state index contributed by atoms with van der Waals surface area (Å²) in [4.78, 5) is 14.7. The largest absolute Gasteiger partial charge is 0.371 e. The molecule has 1 aliphatic heterocycles. The zero-order chi connectivity index (χ0) is 22.2. The minimum atomic E-state index is -0.0422. The number of piperidine rings is 1. The number of anilines is 2. The molecule has 0 radical (unpaired) electrons. The third kappa shape index (κ3) is 6.58.